The topological polar surface area (TPSA) is 63.7 Å². The maximum atomic E-state index is 12.5. The van der Waals surface area contributed by atoms with Crippen LogP contribution >= 0.6 is 0 Å². The van der Waals surface area contributed by atoms with E-state index in [1.165, 1.54) is 29.6 Å². The molecule has 20 heavy (non-hydrogen) atoms. The number of rotatable bonds is 5. The van der Waals surface area contributed by atoms with Gasteiger partial charge in [0.2, 0.25) is 10.0 Å². The minimum Gasteiger partial charge on any atom is -0.465 e. The number of sulfonamides is 1. The lowest BCUT2D eigenvalue weighted by Crippen LogP contribution is -2.36. The zero-order valence-corrected chi connectivity index (χ0v) is 12.7. The number of carbonyl (C=O) groups excluding carboxylic acids is 1. The van der Waals surface area contributed by atoms with E-state index in [2.05, 4.69) is 4.74 Å². The molecule has 1 aromatic rings. The summed E-state index contributed by atoms with van der Waals surface area (Å²) < 4.78 is 31.1. The standard InChI is InChI=1S/C14H19NO4S/c1-10(11-7-8-11)15(2)20(17,18)13-6-4-5-12(9-13)14(16)19-3/h4-6,9-11H,7-8H2,1-3H3. The second-order valence-electron chi connectivity index (χ2n) is 5.12. The largest absolute Gasteiger partial charge is 0.465 e. The van der Waals surface area contributed by atoms with Gasteiger partial charge in [-0.3, -0.25) is 0 Å². The van der Waals surface area contributed by atoms with Crippen molar-refractivity contribution in [3.63, 3.8) is 0 Å². The fourth-order valence-corrected chi connectivity index (χ4v) is 3.63. The molecular formula is C14H19NO4S. The predicted molar refractivity (Wildman–Crippen MR) is 74.9 cm³/mol. The van der Waals surface area contributed by atoms with Gasteiger partial charge in [-0.15, -0.1) is 0 Å². The fraction of sp³-hybridized carbons (Fsp3) is 0.500. The summed E-state index contributed by atoms with van der Waals surface area (Å²) in [5.41, 5.74) is 0.237. The monoisotopic (exact) mass is 297 g/mol. The lowest BCUT2D eigenvalue weighted by Gasteiger charge is -2.24. The molecule has 0 aliphatic heterocycles. The fourth-order valence-electron chi connectivity index (χ4n) is 2.16. The molecule has 2 rings (SSSR count). The van der Waals surface area contributed by atoms with Gasteiger partial charge >= 0.3 is 5.97 Å². The maximum absolute atomic E-state index is 12.5. The highest BCUT2D eigenvalue weighted by Gasteiger charge is 2.36. The second kappa shape index (κ2) is 5.54. The van der Waals surface area contributed by atoms with Crippen molar-refractivity contribution >= 4 is 16.0 Å². The Morgan fingerprint density at radius 3 is 2.60 bits per heavy atom. The average molecular weight is 297 g/mol. The van der Waals surface area contributed by atoms with Crippen LogP contribution in [-0.2, 0) is 14.8 Å². The minimum absolute atomic E-state index is 0.0261. The van der Waals surface area contributed by atoms with Crippen molar-refractivity contribution in [1.29, 1.82) is 0 Å². The lowest BCUT2D eigenvalue weighted by molar-refractivity contribution is 0.0600. The number of hydrogen-bond acceptors (Lipinski definition) is 4. The van der Waals surface area contributed by atoms with Gasteiger partial charge in [-0.2, -0.15) is 4.31 Å². The van der Waals surface area contributed by atoms with Crippen LogP contribution in [0.2, 0.25) is 0 Å². The number of hydrogen-bond donors (Lipinski definition) is 0. The third kappa shape index (κ3) is 2.86. The third-order valence-corrected chi connectivity index (χ3v) is 5.75. The summed E-state index contributed by atoms with van der Waals surface area (Å²) >= 11 is 0. The van der Waals surface area contributed by atoms with Crippen LogP contribution in [0.1, 0.15) is 30.1 Å². The molecule has 1 saturated carbocycles. The van der Waals surface area contributed by atoms with Crippen LogP contribution < -0.4 is 0 Å². The van der Waals surface area contributed by atoms with Gasteiger partial charge in [0.05, 0.1) is 17.6 Å². The number of nitrogens with zero attached hydrogens (tertiary/aromatic N) is 1. The molecular weight excluding hydrogens is 278 g/mol. The molecule has 110 valence electrons. The molecule has 1 aromatic carbocycles. The van der Waals surface area contributed by atoms with Gasteiger partial charge in [0.15, 0.2) is 0 Å². The summed E-state index contributed by atoms with van der Waals surface area (Å²) in [4.78, 5) is 11.6. The van der Waals surface area contributed by atoms with E-state index in [9.17, 15) is 13.2 Å². The SMILES string of the molecule is COC(=O)c1cccc(S(=O)(=O)N(C)C(C)C2CC2)c1. The van der Waals surface area contributed by atoms with Crippen molar-refractivity contribution in [1.82, 2.24) is 4.31 Å². The van der Waals surface area contributed by atoms with Gasteiger partial charge in [-0.05, 0) is 43.9 Å². The van der Waals surface area contributed by atoms with Crippen LogP contribution in [0.25, 0.3) is 0 Å². The molecule has 0 saturated heterocycles. The van der Waals surface area contributed by atoms with Crippen LogP contribution in [0, 0.1) is 5.92 Å². The normalized spacial score (nSPS) is 17.0. The van der Waals surface area contributed by atoms with Gasteiger partial charge in [0.25, 0.3) is 0 Å². The number of methoxy groups -OCH3 is 1. The van der Waals surface area contributed by atoms with Crippen molar-refractivity contribution in [3.05, 3.63) is 29.8 Å². The molecule has 1 aliphatic rings. The van der Waals surface area contributed by atoms with E-state index in [0.29, 0.717) is 5.92 Å². The molecule has 1 atom stereocenters. The highest BCUT2D eigenvalue weighted by molar-refractivity contribution is 7.89. The van der Waals surface area contributed by atoms with E-state index >= 15 is 0 Å². The van der Waals surface area contributed by atoms with Gasteiger partial charge in [0, 0.05) is 13.1 Å². The third-order valence-electron chi connectivity index (χ3n) is 3.81. The van der Waals surface area contributed by atoms with Crippen LogP contribution in [0.5, 0.6) is 0 Å². The molecule has 0 aromatic heterocycles. The molecule has 0 radical (unpaired) electrons. The zero-order valence-electron chi connectivity index (χ0n) is 11.9. The van der Waals surface area contributed by atoms with Crippen molar-refractivity contribution in [3.8, 4) is 0 Å². The van der Waals surface area contributed by atoms with E-state index in [-0.39, 0.29) is 16.5 Å². The predicted octanol–water partition coefficient (Wildman–Crippen LogP) is 1.89. The summed E-state index contributed by atoms with van der Waals surface area (Å²) in [5, 5.41) is 0. The van der Waals surface area contributed by atoms with Crippen molar-refractivity contribution in [2.24, 2.45) is 5.92 Å². The smallest absolute Gasteiger partial charge is 0.337 e. The zero-order chi connectivity index (χ0) is 14.9. The Labute approximate surface area is 119 Å². The molecule has 6 heteroatoms. The van der Waals surface area contributed by atoms with Gasteiger partial charge in [0.1, 0.15) is 0 Å². The highest BCUT2D eigenvalue weighted by Crippen LogP contribution is 2.36. The molecule has 1 unspecified atom stereocenters. The number of carbonyl (C=O) groups is 1. The Kier molecular flexibility index (Phi) is 4.15. The minimum atomic E-state index is -3.58. The van der Waals surface area contributed by atoms with Crippen LogP contribution in [0.15, 0.2) is 29.2 Å². The van der Waals surface area contributed by atoms with Crippen LogP contribution in [-0.4, -0.2) is 38.9 Å². The molecule has 1 aliphatic carbocycles. The Balaban J connectivity index is 2.31. The van der Waals surface area contributed by atoms with Gasteiger partial charge < -0.3 is 4.74 Å². The van der Waals surface area contributed by atoms with Crippen molar-refractivity contribution < 1.29 is 17.9 Å². The van der Waals surface area contributed by atoms with E-state index in [1.54, 1.807) is 13.1 Å². The Hall–Kier alpha value is -1.40. The quantitative estimate of drug-likeness (QED) is 0.779. The number of esters is 1. The lowest BCUT2D eigenvalue weighted by atomic mass is 10.2. The first-order chi connectivity index (χ1) is 9.37. The molecule has 0 spiro atoms. The summed E-state index contributed by atoms with van der Waals surface area (Å²) in [6, 6.07) is 5.92. The summed E-state index contributed by atoms with van der Waals surface area (Å²) in [6.45, 7) is 1.92. The van der Waals surface area contributed by atoms with E-state index in [4.69, 9.17) is 0 Å². The number of benzene rings is 1. The molecule has 0 N–H and O–H groups in total. The molecule has 5 nitrogen and oxygen atoms in total. The molecule has 0 amide bonds. The Bertz CT molecular complexity index is 607. The molecule has 1 fully saturated rings. The molecule has 0 heterocycles. The highest BCUT2D eigenvalue weighted by atomic mass is 32.2. The first-order valence-corrected chi connectivity index (χ1v) is 7.98. The van der Waals surface area contributed by atoms with E-state index < -0.39 is 16.0 Å². The average Bonchev–Trinajstić information content (AvgIpc) is 3.29. The maximum Gasteiger partial charge on any atom is 0.337 e. The first kappa shape index (κ1) is 15.0. The summed E-state index contributed by atoms with van der Waals surface area (Å²) in [6.07, 6.45) is 2.15. The van der Waals surface area contributed by atoms with E-state index in [0.717, 1.165) is 12.8 Å². The van der Waals surface area contributed by atoms with Gasteiger partial charge in [-0.1, -0.05) is 6.07 Å². The van der Waals surface area contributed by atoms with Crippen molar-refractivity contribution in [2.75, 3.05) is 14.2 Å². The first-order valence-electron chi connectivity index (χ1n) is 6.54. The number of ether oxygens (including phenoxy) is 1. The van der Waals surface area contributed by atoms with Crippen molar-refractivity contribution in [2.45, 2.75) is 30.7 Å². The summed E-state index contributed by atoms with van der Waals surface area (Å²) in [7, 11) is -0.727. The van der Waals surface area contributed by atoms with Gasteiger partial charge in [-0.25, -0.2) is 13.2 Å². The Morgan fingerprint density at radius 2 is 2.05 bits per heavy atom. The molecule has 0 bridgehead atoms. The second-order valence-corrected chi connectivity index (χ2v) is 7.12. The van der Waals surface area contributed by atoms with E-state index in [1.807, 2.05) is 6.92 Å². The van der Waals surface area contributed by atoms with Crippen LogP contribution in [0.3, 0.4) is 0 Å². The van der Waals surface area contributed by atoms with Crippen LogP contribution in [0.4, 0.5) is 0 Å². The summed E-state index contributed by atoms with van der Waals surface area (Å²) in [5.74, 6) is -0.0986. The Morgan fingerprint density at radius 1 is 1.40 bits per heavy atom.